The molecule has 0 unspecified atom stereocenters. The monoisotopic (exact) mass is 383 g/mol. The summed E-state index contributed by atoms with van der Waals surface area (Å²) in [7, 11) is 1.44. The van der Waals surface area contributed by atoms with Crippen molar-refractivity contribution in [3.05, 3.63) is 57.6 Å². The lowest BCUT2D eigenvalue weighted by Crippen LogP contribution is -2.29. The molecule has 0 heterocycles. The smallest absolute Gasteiger partial charge is 0.322 e. The van der Waals surface area contributed by atoms with Gasteiger partial charge in [0, 0.05) is 21.2 Å². The maximum Gasteiger partial charge on any atom is 0.322 e. The minimum atomic E-state index is -1.12. The number of hydrogen-bond donors (Lipinski definition) is 2. The first-order valence-corrected chi connectivity index (χ1v) is 7.91. The number of carboxylic acid groups (broad SMARTS) is 1. The van der Waals surface area contributed by atoms with Gasteiger partial charge in [-0.15, -0.1) is 0 Å². The van der Waals surface area contributed by atoms with Crippen molar-refractivity contribution in [2.75, 3.05) is 13.7 Å². The second kappa shape index (κ2) is 8.60. The number of ether oxygens (including phenoxy) is 2. The molecule has 0 fully saturated rings. The van der Waals surface area contributed by atoms with E-state index in [9.17, 15) is 9.59 Å². The van der Waals surface area contributed by atoms with E-state index in [2.05, 4.69) is 5.32 Å². The molecule has 2 rings (SSSR count). The van der Waals surface area contributed by atoms with E-state index >= 15 is 0 Å². The highest BCUT2D eigenvalue weighted by molar-refractivity contribution is 6.35. The summed E-state index contributed by atoms with van der Waals surface area (Å²) < 4.78 is 10.9. The Morgan fingerprint density at radius 2 is 1.88 bits per heavy atom. The molecule has 0 aliphatic carbocycles. The van der Waals surface area contributed by atoms with Crippen LogP contribution in [-0.2, 0) is 11.4 Å². The van der Waals surface area contributed by atoms with Crippen LogP contribution in [0.15, 0.2) is 36.4 Å². The van der Waals surface area contributed by atoms with Gasteiger partial charge in [0.25, 0.3) is 5.91 Å². The van der Waals surface area contributed by atoms with Crippen LogP contribution in [0.4, 0.5) is 0 Å². The van der Waals surface area contributed by atoms with Crippen LogP contribution in [0.3, 0.4) is 0 Å². The number of amides is 1. The average Bonchev–Trinajstić information content (AvgIpc) is 2.58. The molecule has 6 nitrogen and oxygen atoms in total. The summed E-state index contributed by atoms with van der Waals surface area (Å²) in [5, 5.41) is 11.9. The lowest BCUT2D eigenvalue weighted by atomic mass is 10.2. The van der Waals surface area contributed by atoms with Gasteiger partial charge in [0.2, 0.25) is 0 Å². The normalized spacial score (nSPS) is 10.2. The van der Waals surface area contributed by atoms with Gasteiger partial charge in [-0.2, -0.15) is 0 Å². The summed E-state index contributed by atoms with van der Waals surface area (Å²) in [6.07, 6.45) is 0. The number of hydrogen-bond acceptors (Lipinski definition) is 4. The summed E-state index contributed by atoms with van der Waals surface area (Å²) in [6.45, 7) is -0.272. The van der Waals surface area contributed by atoms with Gasteiger partial charge in [-0.05, 0) is 30.3 Å². The minimum absolute atomic E-state index is 0.191. The van der Waals surface area contributed by atoms with Gasteiger partial charge < -0.3 is 19.9 Å². The molecular weight excluding hydrogens is 369 g/mol. The van der Waals surface area contributed by atoms with Gasteiger partial charge in [0.05, 0.1) is 7.11 Å². The number of nitrogens with one attached hydrogen (secondary N) is 1. The van der Waals surface area contributed by atoms with Gasteiger partial charge >= 0.3 is 5.97 Å². The van der Waals surface area contributed by atoms with E-state index in [-0.39, 0.29) is 12.2 Å². The van der Waals surface area contributed by atoms with Crippen LogP contribution in [0.2, 0.25) is 10.0 Å². The summed E-state index contributed by atoms with van der Waals surface area (Å²) in [6, 6.07) is 9.63. The Balaban J connectivity index is 2.10. The Labute approximate surface area is 154 Å². The summed E-state index contributed by atoms with van der Waals surface area (Å²) in [4.78, 5) is 22.4. The van der Waals surface area contributed by atoms with Crippen molar-refractivity contribution in [1.29, 1.82) is 0 Å². The van der Waals surface area contributed by atoms with E-state index in [0.717, 1.165) is 5.56 Å². The fourth-order valence-corrected chi connectivity index (χ4v) is 2.44. The quantitative estimate of drug-likeness (QED) is 0.765. The lowest BCUT2D eigenvalue weighted by Gasteiger charge is -2.13. The van der Waals surface area contributed by atoms with Crippen LogP contribution in [0, 0.1) is 0 Å². The van der Waals surface area contributed by atoms with Crippen molar-refractivity contribution in [3.63, 3.8) is 0 Å². The second-order valence-corrected chi connectivity index (χ2v) is 5.81. The number of halogens is 2. The number of aliphatic carboxylic acids is 1. The third kappa shape index (κ3) is 5.27. The van der Waals surface area contributed by atoms with Crippen molar-refractivity contribution in [2.45, 2.75) is 6.61 Å². The third-order valence-electron chi connectivity index (χ3n) is 3.22. The molecular formula is C17H15Cl2NO5. The SMILES string of the molecule is COc1cc(C(=O)NCC(=O)O)ccc1OCc1ccc(Cl)cc1Cl. The van der Waals surface area contributed by atoms with Crippen molar-refractivity contribution in [1.82, 2.24) is 5.32 Å². The average molecular weight is 384 g/mol. The van der Waals surface area contributed by atoms with Crippen LogP contribution < -0.4 is 14.8 Å². The third-order valence-corrected chi connectivity index (χ3v) is 3.81. The first-order valence-electron chi connectivity index (χ1n) is 7.15. The van der Waals surface area contributed by atoms with Crippen molar-refractivity contribution in [3.8, 4) is 11.5 Å². The number of methoxy groups -OCH3 is 1. The highest BCUT2D eigenvalue weighted by Gasteiger charge is 2.12. The molecule has 0 aliphatic heterocycles. The lowest BCUT2D eigenvalue weighted by molar-refractivity contribution is -0.135. The standard InChI is InChI=1S/C17H15Cl2NO5/c1-24-15-6-10(17(23)20-8-16(21)22)3-5-14(15)25-9-11-2-4-12(18)7-13(11)19/h2-7H,8-9H2,1H3,(H,20,23)(H,21,22). The molecule has 2 aromatic carbocycles. The Bertz CT molecular complexity index is 795. The molecule has 0 aliphatic rings. The molecule has 0 radical (unpaired) electrons. The fourth-order valence-electron chi connectivity index (χ4n) is 1.98. The van der Waals surface area contributed by atoms with Gasteiger partial charge in [-0.3, -0.25) is 9.59 Å². The Morgan fingerprint density at radius 1 is 1.12 bits per heavy atom. The molecule has 132 valence electrons. The predicted molar refractivity (Wildman–Crippen MR) is 93.8 cm³/mol. The largest absolute Gasteiger partial charge is 0.493 e. The molecule has 0 saturated heterocycles. The van der Waals surface area contributed by atoms with E-state index in [1.807, 2.05) is 0 Å². The van der Waals surface area contributed by atoms with Gasteiger partial charge in [-0.1, -0.05) is 29.3 Å². The van der Waals surface area contributed by atoms with E-state index in [1.54, 1.807) is 24.3 Å². The van der Waals surface area contributed by atoms with Crippen LogP contribution in [0.1, 0.15) is 15.9 Å². The first kappa shape index (κ1) is 18.9. The number of carbonyl (C=O) groups is 2. The van der Waals surface area contributed by atoms with Crippen molar-refractivity contribution in [2.24, 2.45) is 0 Å². The second-order valence-electron chi connectivity index (χ2n) is 4.97. The van der Waals surface area contributed by atoms with E-state index in [0.29, 0.717) is 21.5 Å². The van der Waals surface area contributed by atoms with Crippen molar-refractivity contribution >= 4 is 35.1 Å². The molecule has 0 saturated carbocycles. The number of carboxylic acids is 1. The molecule has 0 aromatic heterocycles. The molecule has 2 aromatic rings. The fraction of sp³-hybridized carbons (Fsp3) is 0.176. The highest BCUT2D eigenvalue weighted by atomic mass is 35.5. The number of rotatable bonds is 7. The van der Waals surface area contributed by atoms with Crippen LogP contribution in [0.5, 0.6) is 11.5 Å². The summed E-state index contributed by atoms with van der Waals surface area (Å²) in [5.41, 5.74) is 1.01. The van der Waals surface area contributed by atoms with Gasteiger partial charge in [-0.25, -0.2) is 0 Å². The number of carbonyl (C=O) groups excluding carboxylic acids is 1. The Kier molecular flexibility index (Phi) is 6.50. The molecule has 0 spiro atoms. The van der Waals surface area contributed by atoms with Gasteiger partial charge in [0.15, 0.2) is 11.5 Å². The molecule has 0 bridgehead atoms. The van der Waals surface area contributed by atoms with Crippen LogP contribution >= 0.6 is 23.2 Å². The van der Waals surface area contributed by atoms with E-state index in [1.165, 1.54) is 19.2 Å². The molecule has 8 heteroatoms. The number of benzene rings is 2. The molecule has 1 amide bonds. The Hall–Kier alpha value is -2.44. The zero-order valence-corrected chi connectivity index (χ0v) is 14.7. The molecule has 25 heavy (non-hydrogen) atoms. The minimum Gasteiger partial charge on any atom is -0.493 e. The molecule has 0 atom stereocenters. The summed E-state index contributed by atoms with van der Waals surface area (Å²) >= 11 is 12.0. The first-order chi connectivity index (χ1) is 11.9. The Morgan fingerprint density at radius 3 is 2.52 bits per heavy atom. The summed E-state index contributed by atoms with van der Waals surface area (Å²) in [5.74, 6) is -0.885. The zero-order valence-electron chi connectivity index (χ0n) is 13.2. The topological polar surface area (TPSA) is 84.9 Å². The zero-order chi connectivity index (χ0) is 18.4. The van der Waals surface area contributed by atoms with Crippen LogP contribution in [0.25, 0.3) is 0 Å². The maximum absolute atomic E-state index is 11.9. The predicted octanol–water partition coefficient (Wildman–Crippen LogP) is 3.40. The van der Waals surface area contributed by atoms with E-state index in [4.69, 9.17) is 37.8 Å². The van der Waals surface area contributed by atoms with E-state index < -0.39 is 18.4 Å². The van der Waals surface area contributed by atoms with Gasteiger partial charge in [0.1, 0.15) is 13.2 Å². The molecule has 2 N–H and O–H groups in total. The van der Waals surface area contributed by atoms with Crippen molar-refractivity contribution < 1.29 is 24.2 Å². The highest BCUT2D eigenvalue weighted by Crippen LogP contribution is 2.30. The maximum atomic E-state index is 11.9. The van der Waals surface area contributed by atoms with Crippen LogP contribution in [-0.4, -0.2) is 30.6 Å².